The molecule has 1 aromatic carbocycles. The fraction of sp³-hybridized carbons (Fsp3) is 0.450. The zero-order chi connectivity index (χ0) is 23.7. The van der Waals surface area contributed by atoms with Gasteiger partial charge in [0.1, 0.15) is 28.8 Å². The number of hydrogen-bond acceptors (Lipinski definition) is 6. The fourth-order valence-electron chi connectivity index (χ4n) is 2.75. The van der Waals surface area contributed by atoms with Gasteiger partial charge in [-0.2, -0.15) is 4.37 Å². The predicted molar refractivity (Wildman–Crippen MR) is 120 cm³/mol. The topological polar surface area (TPSA) is 110 Å². The second kappa shape index (κ2) is 12.5. The van der Waals surface area contributed by atoms with E-state index in [4.69, 9.17) is 22.1 Å². The van der Waals surface area contributed by atoms with E-state index in [-0.39, 0.29) is 27.0 Å². The van der Waals surface area contributed by atoms with Crippen LogP contribution in [0.5, 0.6) is 5.88 Å². The first-order chi connectivity index (χ1) is 15.2. The minimum absolute atomic E-state index is 0.0961. The molecule has 1 heterocycles. The van der Waals surface area contributed by atoms with E-state index in [2.05, 4.69) is 19.9 Å². The van der Waals surface area contributed by atoms with Crippen molar-refractivity contribution in [2.24, 2.45) is 5.73 Å². The molecule has 0 radical (unpaired) electrons. The van der Waals surface area contributed by atoms with Crippen LogP contribution in [-0.4, -0.2) is 48.4 Å². The maximum absolute atomic E-state index is 13.9. The number of nitrogens with zero attached hydrogens (tertiary/aromatic N) is 2. The van der Waals surface area contributed by atoms with Crippen LogP contribution in [0.4, 0.5) is 18.6 Å². The molecule has 1 aromatic heterocycles. The number of primary amides is 1. The Balaban J connectivity index is 1.89. The summed E-state index contributed by atoms with van der Waals surface area (Å²) in [5.41, 5.74) is 5.12. The summed E-state index contributed by atoms with van der Waals surface area (Å²) in [4.78, 5) is 26.1. The number of anilines is 1. The van der Waals surface area contributed by atoms with Crippen LogP contribution >= 0.6 is 23.1 Å². The first kappa shape index (κ1) is 25.8. The molecular weight excluding hydrogens is 464 g/mol. The molecule has 0 saturated heterocycles. The number of benzene rings is 1. The smallest absolute Gasteiger partial charge is 0.319 e. The summed E-state index contributed by atoms with van der Waals surface area (Å²) in [6.07, 6.45) is 3.98. The second-order valence-corrected chi connectivity index (χ2v) is 8.48. The normalized spacial score (nSPS) is 10.9. The molecular formula is C20H26ClF2N5O3S. The van der Waals surface area contributed by atoms with Gasteiger partial charge in [-0.15, -0.1) is 0 Å². The van der Waals surface area contributed by atoms with E-state index < -0.39 is 30.2 Å². The number of carbonyl (C=O) groups is 2. The summed E-state index contributed by atoms with van der Waals surface area (Å²) in [7, 11) is 4.05. The predicted octanol–water partition coefficient (Wildman–Crippen LogP) is 4.00. The molecule has 2 aromatic rings. The van der Waals surface area contributed by atoms with Crippen LogP contribution in [0.25, 0.3) is 0 Å². The number of aromatic nitrogens is 1. The van der Waals surface area contributed by atoms with Crippen molar-refractivity contribution in [3.63, 3.8) is 0 Å². The van der Waals surface area contributed by atoms with Crippen LogP contribution in [0.15, 0.2) is 12.1 Å². The molecule has 4 N–H and O–H groups in total. The van der Waals surface area contributed by atoms with E-state index >= 15 is 0 Å². The summed E-state index contributed by atoms with van der Waals surface area (Å²) in [5, 5.41) is 4.97. The van der Waals surface area contributed by atoms with Crippen LogP contribution in [0.2, 0.25) is 5.02 Å². The number of nitrogens with two attached hydrogens (primary N) is 1. The molecule has 2 rings (SSSR count). The van der Waals surface area contributed by atoms with Crippen molar-refractivity contribution in [3.8, 4) is 5.88 Å². The summed E-state index contributed by atoms with van der Waals surface area (Å²) >= 11 is 6.31. The van der Waals surface area contributed by atoms with Gasteiger partial charge in [-0.3, -0.25) is 10.1 Å². The standard InChI is InChI=1S/C20H26ClF2N5O3S/c1-28(2)8-6-4-3-5-7-25-20(30)26-19-16(17(24)29)18(27-32-19)31-11-12-9-15(23)13(21)10-14(12)22/h9-10H,3-8,11H2,1-2H3,(H2,24,29)(H2,25,26,30). The van der Waals surface area contributed by atoms with E-state index in [1.807, 2.05) is 14.1 Å². The Bertz CT molecular complexity index is 942. The van der Waals surface area contributed by atoms with E-state index in [0.29, 0.717) is 6.54 Å². The fourth-order valence-corrected chi connectivity index (χ4v) is 3.64. The Hall–Kier alpha value is -2.50. The highest BCUT2D eigenvalue weighted by Gasteiger charge is 2.22. The summed E-state index contributed by atoms with van der Waals surface area (Å²) in [5.74, 6) is -2.65. The van der Waals surface area contributed by atoms with Gasteiger partial charge in [0.2, 0.25) is 5.88 Å². The van der Waals surface area contributed by atoms with Crippen molar-refractivity contribution < 1.29 is 23.1 Å². The van der Waals surface area contributed by atoms with Crippen molar-refractivity contribution in [2.75, 3.05) is 32.5 Å². The number of rotatable bonds is 12. The highest BCUT2D eigenvalue weighted by atomic mass is 35.5. The van der Waals surface area contributed by atoms with Crippen molar-refractivity contribution in [3.05, 3.63) is 39.9 Å². The number of urea groups is 1. The van der Waals surface area contributed by atoms with Gasteiger partial charge in [-0.05, 0) is 57.1 Å². The number of carbonyl (C=O) groups excluding carboxylic acids is 2. The van der Waals surface area contributed by atoms with E-state index in [0.717, 1.165) is 55.9 Å². The summed E-state index contributed by atoms with van der Waals surface area (Å²) in [6.45, 7) is 1.09. The Morgan fingerprint density at radius 2 is 1.91 bits per heavy atom. The molecule has 0 unspecified atom stereocenters. The van der Waals surface area contributed by atoms with E-state index in [9.17, 15) is 18.4 Å². The highest BCUT2D eigenvalue weighted by Crippen LogP contribution is 2.31. The van der Waals surface area contributed by atoms with Gasteiger partial charge < -0.3 is 20.7 Å². The molecule has 3 amide bonds. The first-order valence-corrected chi connectivity index (χ1v) is 11.1. The molecule has 0 bridgehead atoms. The van der Waals surface area contributed by atoms with E-state index in [1.54, 1.807) is 0 Å². The molecule has 0 saturated carbocycles. The van der Waals surface area contributed by atoms with Gasteiger partial charge in [0.05, 0.1) is 5.02 Å². The SMILES string of the molecule is CN(C)CCCCCCNC(=O)Nc1snc(OCc2cc(F)c(Cl)cc2F)c1C(N)=O. The van der Waals surface area contributed by atoms with Crippen LogP contribution < -0.4 is 21.1 Å². The number of hydrogen-bond donors (Lipinski definition) is 3. The maximum atomic E-state index is 13.9. The second-order valence-electron chi connectivity index (χ2n) is 7.30. The lowest BCUT2D eigenvalue weighted by atomic mass is 10.2. The Kier molecular flexibility index (Phi) is 10.1. The lowest BCUT2D eigenvalue weighted by Gasteiger charge is -2.09. The quantitative estimate of drug-likeness (QED) is 0.308. The molecule has 0 aliphatic heterocycles. The number of halogens is 3. The minimum atomic E-state index is -0.882. The first-order valence-electron chi connectivity index (χ1n) is 9.94. The zero-order valence-electron chi connectivity index (χ0n) is 17.8. The Morgan fingerprint density at radius 1 is 1.19 bits per heavy atom. The van der Waals surface area contributed by atoms with E-state index in [1.165, 1.54) is 0 Å². The van der Waals surface area contributed by atoms with Gasteiger partial charge in [-0.1, -0.05) is 24.4 Å². The molecule has 8 nitrogen and oxygen atoms in total. The van der Waals surface area contributed by atoms with Gasteiger partial charge in [0.25, 0.3) is 5.91 Å². The van der Waals surface area contributed by atoms with Gasteiger partial charge in [0, 0.05) is 12.1 Å². The summed E-state index contributed by atoms with van der Waals surface area (Å²) < 4.78 is 36.8. The Morgan fingerprint density at radius 3 is 2.59 bits per heavy atom. The molecule has 0 fully saturated rings. The van der Waals surface area contributed by atoms with Gasteiger partial charge in [0.15, 0.2) is 0 Å². The number of unbranched alkanes of at least 4 members (excludes halogenated alkanes) is 3. The molecule has 0 aliphatic carbocycles. The summed E-state index contributed by atoms with van der Waals surface area (Å²) in [6, 6.07) is 1.20. The lowest BCUT2D eigenvalue weighted by molar-refractivity contribution is 0.0996. The molecule has 176 valence electrons. The van der Waals surface area contributed by atoms with Crippen molar-refractivity contribution in [1.29, 1.82) is 0 Å². The average molecular weight is 490 g/mol. The van der Waals surface area contributed by atoms with Crippen LogP contribution in [0.1, 0.15) is 41.6 Å². The number of nitrogens with one attached hydrogen (secondary N) is 2. The number of amides is 3. The third-order valence-electron chi connectivity index (χ3n) is 4.41. The third-order valence-corrected chi connectivity index (χ3v) is 5.44. The van der Waals surface area contributed by atoms with Gasteiger partial charge >= 0.3 is 6.03 Å². The Labute approximate surface area is 194 Å². The highest BCUT2D eigenvalue weighted by molar-refractivity contribution is 7.11. The largest absolute Gasteiger partial charge is 0.471 e. The third kappa shape index (κ3) is 7.88. The average Bonchev–Trinajstić information content (AvgIpc) is 3.11. The van der Waals surface area contributed by atoms with Crippen LogP contribution in [0.3, 0.4) is 0 Å². The van der Waals surface area contributed by atoms with Crippen molar-refractivity contribution >= 4 is 40.1 Å². The van der Waals surface area contributed by atoms with Crippen LogP contribution in [-0.2, 0) is 6.61 Å². The lowest BCUT2D eigenvalue weighted by Crippen LogP contribution is -2.30. The minimum Gasteiger partial charge on any atom is -0.471 e. The molecule has 0 aliphatic rings. The number of ether oxygens (including phenoxy) is 1. The molecule has 12 heteroatoms. The van der Waals surface area contributed by atoms with Gasteiger partial charge in [-0.25, -0.2) is 13.6 Å². The monoisotopic (exact) mass is 489 g/mol. The maximum Gasteiger partial charge on any atom is 0.319 e. The zero-order valence-corrected chi connectivity index (χ0v) is 19.4. The van der Waals surface area contributed by atoms with Crippen LogP contribution in [0, 0.1) is 11.6 Å². The van der Waals surface area contributed by atoms with Crippen molar-refractivity contribution in [2.45, 2.75) is 32.3 Å². The van der Waals surface area contributed by atoms with Crippen molar-refractivity contribution in [1.82, 2.24) is 14.6 Å². The molecule has 0 atom stereocenters. The molecule has 0 spiro atoms. The molecule has 32 heavy (non-hydrogen) atoms.